The Hall–Kier alpha value is -1.83. The summed E-state index contributed by atoms with van der Waals surface area (Å²) < 4.78 is 5.54. The van der Waals surface area contributed by atoms with E-state index >= 15 is 0 Å². The third-order valence-electron chi connectivity index (χ3n) is 3.96. The van der Waals surface area contributed by atoms with Crippen LogP contribution in [0.15, 0.2) is 40.8 Å². The third kappa shape index (κ3) is 2.35. The Balaban J connectivity index is 1.86. The second-order valence-electron chi connectivity index (χ2n) is 5.20. The summed E-state index contributed by atoms with van der Waals surface area (Å²) in [4.78, 5) is 12.4. The second-order valence-corrected chi connectivity index (χ2v) is 5.20. The summed E-state index contributed by atoms with van der Waals surface area (Å²) in [7, 11) is 0. The predicted octanol–water partition coefficient (Wildman–Crippen LogP) is 4.34. The quantitative estimate of drug-likeness (QED) is 0.760. The zero-order chi connectivity index (χ0) is 13.2. The number of ketones is 1. The highest BCUT2D eigenvalue weighted by Crippen LogP contribution is 2.36. The molecule has 0 aliphatic heterocycles. The lowest BCUT2D eigenvalue weighted by Crippen LogP contribution is -2.10. The normalized spacial score (nSPS) is 15.2. The fourth-order valence-electron chi connectivity index (χ4n) is 2.51. The zero-order valence-electron chi connectivity index (χ0n) is 11.2. The standard InChI is InChI=1S/C17H18O2/c1-2-15-9-10-16(19-15)17(18)14-8-4-7-13(11-14)12-5-3-6-12/h4,7-12H,2-3,5-6H2,1H3. The minimum atomic E-state index is -0.0131. The molecule has 1 saturated carbocycles. The molecule has 98 valence electrons. The molecular formula is C17H18O2. The van der Waals surface area contributed by atoms with Crippen LogP contribution in [-0.4, -0.2) is 5.78 Å². The van der Waals surface area contributed by atoms with Gasteiger partial charge >= 0.3 is 0 Å². The van der Waals surface area contributed by atoms with E-state index in [0.717, 1.165) is 17.7 Å². The van der Waals surface area contributed by atoms with Gasteiger partial charge in [-0.25, -0.2) is 0 Å². The molecule has 0 unspecified atom stereocenters. The summed E-state index contributed by atoms with van der Waals surface area (Å²) in [5.41, 5.74) is 2.03. The molecule has 0 N–H and O–H groups in total. The van der Waals surface area contributed by atoms with E-state index in [1.165, 1.54) is 24.8 Å². The number of hydrogen-bond acceptors (Lipinski definition) is 2. The van der Waals surface area contributed by atoms with Gasteiger partial charge in [-0.3, -0.25) is 4.79 Å². The minimum absolute atomic E-state index is 0.0131. The maximum absolute atomic E-state index is 12.4. The topological polar surface area (TPSA) is 30.2 Å². The van der Waals surface area contributed by atoms with Gasteiger partial charge in [-0.15, -0.1) is 0 Å². The smallest absolute Gasteiger partial charge is 0.228 e. The number of rotatable bonds is 4. The molecule has 1 heterocycles. The van der Waals surface area contributed by atoms with Crippen molar-refractivity contribution in [2.75, 3.05) is 0 Å². The van der Waals surface area contributed by atoms with Crippen molar-refractivity contribution >= 4 is 5.78 Å². The van der Waals surface area contributed by atoms with Gasteiger partial charge in [-0.05, 0) is 42.5 Å². The van der Waals surface area contributed by atoms with E-state index < -0.39 is 0 Å². The van der Waals surface area contributed by atoms with Crippen molar-refractivity contribution in [1.82, 2.24) is 0 Å². The first-order valence-corrected chi connectivity index (χ1v) is 7.01. The van der Waals surface area contributed by atoms with E-state index in [9.17, 15) is 4.79 Å². The summed E-state index contributed by atoms with van der Waals surface area (Å²) in [6.07, 6.45) is 4.62. The number of carbonyl (C=O) groups excluding carboxylic acids is 1. The summed E-state index contributed by atoms with van der Waals surface area (Å²) in [6, 6.07) is 11.7. The van der Waals surface area contributed by atoms with Crippen LogP contribution in [0.3, 0.4) is 0 Å². The Morgan fingerprint density at radius 3 is 2.74 bits per heavy atom. The molecule has 0 radical (unpaired) electrons. The van der Waals surface area contributed by atoms with Gasteiger partial charge < -0.3 is 4.42 Å². The van der Waals surface area contributed by atoms with Gasteiger partial charge in [0.05, 0.1) is 0 Å². The minimum Gasteiger partial charge on any atom is -0.458 e. The van der Waals surface area contributed by atoms with Gasteiger partial charge in [0.1, 0.15) is 5.76 Å². The maximum Gasteiger partial charge on any atom is 0.228 e. The summed E-state index contributed by atoms with van der Waals surface area (Å²) in [5.74, 6) is 1.94. The number of hydrogen-bond donors (Lipinski definition) is 0. The zero-order valence-corrected chi connectivity index (χ0v) is 11.2. The van der Waals surface area contributed by atoms with Crippen LogP contribution >= 0.6 is 0 Å². The SMILES string of the molecule is CCc1ccc(C(=O)c2cccc(C3CCC3)c2)o1. The van der Waals surface area contributed by atoms with Crippen LogP contribution in [0.25, 0.3) is 0 Å². The number of carbonyl (C=O) groups is 1. The molecule has 1 aliphatic carbocycles. The fourth-order valence-corrected chi connectivity index (χ4v) is 2.51. The Bertz CT molecular complexity index is 591. The van der Waals surface area contributed by atoms with Gasteiger partial charge in [-0.1, -0.05) is 31.5 Å². The van der Waals surface area contributed by atoms with Gasteiger partial charge in [-0.2, -0.15) is 0 Å². The van der Waals surface area contributed by atoms with Crippen molar-refractivity contribution in [2.24, 2.45) is 0 Å². The molecule has 0 bridgehead atoms. The first kappa shape index (κ1) is 12.2. The average Bonchev–Trinajstić information content (AvgIpc) is 2.85. The van der Waals surface area contributed by atoms with Crippen LogP contribution in [0, 0.1) is 0 Å². The molecule has 19 heavy (non-hydrogen) atoms. The first-order chi connectivity index (χ1) is 9.28. The Morgan fingerprint density at radius 1 is 1.26 bits per heavy atom. The summed E-state index contributed by atoms with van der Waals surface area (Å²) in [6.45, 7) is 2.02. The average molecular weight is 254 g/mol. The van der Waals surface area contributed by atoms with E-state index in [-0.39, 0.29) is 5.78 Å². The van der Waals surface area contributed by atoms with Crippen LogP contribution in [0.5, 0.6) is 0 Å². The Morgan fingerprint density at radius 2 is 2.11 bits per heavy atom. The van der Waals surface area contributed by atoms with Crippen molar-refractivity contribution in [3.8, 4) is 0 Å². The number of furan rings is 1. The second kappa shape index (κ2) is 5.04. The van der Waals surface area contributed by atoms with E-state index in [1.807, 2.05) is 31.2 Å². The van der Waals surface area contributed by atoms with Crippen LogP contribution in [-0.2, 0) is 6.42 Å². The molecule has 0 saturated heterocycles. The molecule has 1 aliphatic rings. The van der Waals surface area contributed by atoms with Crippen LogP contribution < -0.4 is 0 Å². The molecule has 2 nitrogen and oxygen atoms in total. The number of aryl methyl sites for hydroxylation is 1. The summed E-state index contributed by atoms with van der Waals surface area (Å²) >= 11 is 0. The Kier molecular flexibility index (Phi) is 3.24. The molecule has 1 fully saturated rings. The molecule has 3 rings (SSSR count). The lowest BCUT2D eigenvalue weighted by molar-refractivity contribution is 0.101. The monoisotopic (exact) mass is 254 g/mol. The lowest BCUT2D eigenvalue weighted by atomic mass is 9.79. The summed E-state index contributed by atoms with van der Waals surface area (Å²) in [5, 5.41) is 0. The molecular weight excluding hydrogens is 236 g/mol. The highest BCUT2D eigenvalue weighted by molar-refractivity contribution is 6.07. The van der Waals surface area contributed by atoms with E-state index in [1.54, 1.807) is 6.07 Å². The van der Waals surface area contributed by atoms with Gasteiger partial charge in [0.2, 0.25) is 5.78 Å². The van der Waals surface area contributed by atoms with Crippen molar-refractivity contribution in [2.45, 2.75) is 38.5 Å². The molecule has 2 heteroatoms. The molecule has 2 aromatic rings. The molecule has 1 aromatic heterocycles. The van der Waals surface area contributed by atoms with Crippen LogP contribution in [0.4, 0.5) is 0 Å². The highest BCUT2D eigenvalue weighted by Gasteiger charge is 2.21. The van der Waals surface area contributed by atoms with E-state index in [0.29, 0.717) is 11.7 Å². The Labute approximate surface area is 113 Å². The molecule has 0 spiro atoms. The van der Waals surface area contributed by atoms with Crippen molar-refractivity contribution in [1.29, 1.82) is 0 Å². The molecule has 0 amide bonds. The first-order valence-electron chi connectivity index (χ1n) is 7.01. The van der Waals surface area contributed by atoms with Gasteiger partial charge in [0, 0.05) is 12.0 Å². The van der Waals surface area contributed by atoms with Crippen molar-refractivity contribution in [3.05, 3.63) is 59.0 Å². The van der Waals surface area contributed by atoms with Gasteiger partial charge in [0.15, 0.2) is 5.76 Å². The van der Waals surface area contributed by atoms with E-state index in [4.69, 9.17) is 4.42 Å². The van der Waals surface area contributed by atoms with Crippen LogP contribution in [0.1, 0.15) is 59.5 Å². The van der Waals surface area contributed by atoms with Gasteiger partial charge in [0.25, 0.3) is 0 Å². The van der Waals surface area contributed by atoms with E-state index in [2.05, 4.69) is 6.07 Å². The van der Waals surface area contributed by atoms with Crippen molar-refractivity contribution in [3.63, 3.8) is 0 Å². The molecule has 0 atom stereocenters. The van der Waals surface area contributed by atoms with Crippen LogP contribution in [0.2, 0.25) is 0 Å². The predicted molar refractivity (Wildman–Crippen MR) is 74.6 cm³/mol. The number of benzene rings is 1. The molecule has 1 aromatic carbocycles. The van der Waals surface area contributed by atoms with Crippen molar-refractivity contribution < 1.29 is 9.21 Å². The largest absolute Gasteiger partial charge is 0.458 e. The highest BCUT2D eigenvalue weighted by atomic mass is 16.3. The third-order valence-corrected chi connectivity index (χ3v) is 3.96. The maximum atomic E-state index is 12.4. The lowest BCUT2D eigenvalue weighted by Gasteiger charge is -2.25. The fraction of sp³-hybridized carbons (Fsp3) is 0.353.